The maximum Gasteiger partial charge on any atom is 0.415 e. The van der Waals surface area contributed by atoms with E-state index in [0.29, 0.717) is 53.0 Å². The Balaban J connectivity index is 1.20. The molecule has 1 aliphatic rings. The van der Waals surface area contributed by atoms with Crippen LogP contribution in [0.15, 0.2) is 77.4 Å². The Bertz CT molecular complexity index is 1470. The highest BCUT2D eigenvalue weighted by molar-refractivity contribution is 6.35. The number of fused-ring (bicyclic) bond motifs is 1. The number of benzene rings is 2. The molecule has 0 aliphatic carbocycles. The van der Waals surface area contributed by atoms with Crippen molar-refractivity contribution in [3.8, 4) is 5.75 Å². The van der Waals surface area contributed by atoms with Crippen LogP contribution in [-0.2, 0) is 16.1 Å². The predicted molar refractivity (Wildman–Crippen MR) is 143 cm³/mol. The number of rotatable bonds is 6. The molecule has 0 radical (unpaired) electrons. The number of carbonyl (C=O) groups is 2. The Morgan fingerprint density at radius 3 is 2.82 bits per heavy atom. The van der Waals surface area contributed by atoms with Crippen molar-refractivity contribution in [1.29, 1.82) is 0 Å². The minimum absolute atomic E-state index is 0.151. The monoisotopic (exact) mass is 532 g/mol. The third-order valence-electron chi connectivity index (χ3n) is 5.97. The molecule has 2 amide bonds. The third-order valence-corrected chi connectivity index (χ3v) is 6.25. The lowest BCUT2D eigenvalue weighted by Gasteiger charge is -2.32. The molecular weight excluding hydrogens is 508 g/mol. The van der Waals surface area contributed by atoms with Gasteiger partial charge in [-0.25, -0.2) is 9.78 Å². The van der Waals surface area contributed by atoms with Gasteiger partial charge in [-0.2, -0.15) is 0 Å². The summed E-state index contributed by atoms with van der Waals surface area (Å²) < 4.78 is 17.3. The van der Waals surface area contributed by atoms with Gasteiger partial charge in [0.05, 0.1) is 24.7 Å². The minimum atomic E-state index is -0.483. The number of nitrogens with two attached hydrogens (primary N) is 1. The van der Waals surface area contributed by atoms with E-state index in [1.165, 1.54) is 12.1 Å². The van der Waals surface area contributed by atoms with Gasteiger partial charge in [-0.3, -0.25) is 4.79 Å². The van der Waals surface area contributed by atoms with E-state index < -0.39 is 6.09 Å². The molecule has 0 saturated carbocycles. The van der Waals surface area contributed by atoms with Crippen molar-refractivity contribution >= 4 is 46.5 Å². The van der Waals surface area contributed by atoms with Crippen LogP contribution in [0.25, 0.3) is 17.0 Å². The molecule has 2 aromatic carbocycles. The summed E-state index contributed by atoms with van der Waals surface area (Å²) in [5, 5.41) is 3.70. The first kappa shape index (κ1) is 25.3. The standard InChI is InChI=1S/C28H25ClN4O5/c29-23-14-21(38-28(35)33-10-11-36-24(17-33)19-4-2-1-3-5-19)12-20-13-22(37-27(20)23)16-32-26(34)9-7-18-6-8-25(30)31-15-18/h1-9,12-15,24H,10-11,16-17H2,(H2,30,31)(H,32,34)/b9-7+. The van der Waals surface area contributed by atoms with Crippen LogP contribution < -0.4 is 15.8 Å². The number of halogens is 1. The minimum Gasteiger partial charge on any atom is -0.458 e. The fraction of sp³-hybridized carbons (Fsp3) is 0.179. The van der Waals surface area contributed by atoms with Gasteiger partial charge in [0.1, 0.15) is 23.4 Å². The topological polar surface area (TPSA) is 120 Å². The average Bonchev–Trinajstić information content (AvgIpc) is 3.36. The number of anilines is 1. The van der Waals surface area contributed by atoms with Gasteiger partial charge in [0.2, 0.25) is 5.91 Å². The average molecular weight is 533 g/mol. The van der Waals surface area contributed by atoms with Crippen molar-refractivity contribution in [3.05, 3.63) is 94.8 Å². The first-order valence-corrected chi connectivity index (χ1v) is 12.3. The molecule has 1 atom stereocenters. The Morgan fingerprint density at radius 2 is 2.03 bits per heavy atom. The van der Waals surface area contributed by atoms with E-state index in [4.69, 9.17) is 31.2 Å². The molecule has 10 heteroatoms. The highest BCUT2D eigenvalue weighted by Gasteiger charge is 2.27. The normalized spacial score (nSPS) is 15.6. The van der Waals surface area contributed by atoms with Gasteiger partial charge in [0, 0.05) is 30.3 Å². The molecule has 0 bridgehead atoms. The molecule has 3 heterocycles. The highest BCUT2D eigenvalue weighted by atomic mass is 35.5. The molecule has 38 heavy (non-hydrogen) atoms. The van der Waals surface area contributed by atoms with E-state index in [1.807, 2.05) is 30.3 Å². The molecule has 1 aliphatic heterocycles. The summed E-state index contributed by atoms with van der Waals surface area (Å²) in [5.41, 5.74) is 7.76. The van der Waals surface area contributed by atoms with Crippen LogP contribution in [0.1, 0.15) is 23.0 Å². The summed E-state index contributed by atoms with van der Waals surface area (Å²) in [6, 6.07) is 18.1. The van der Waals surface area contributed by atoms with Gasteiger partial charge >= 0.3 is 6.09 Å². The molecule has 1 unspecified atom stereocenters. The van der Waals surface area contributed by atoms with Crippen LogP contribution in [-0.4, -0.2) is 41.6 Å². The molecule has 2 aromatic heterocycles. The summed E-state index contributed by atoms with van der Waals surface area (Å²) in [6.07, 6.45) is 3.91. The van der Waals surface area contributed by atoms with E-state index >= 15 is 0 Å². The van der Waals surface area contributed by atoms with Crippen LogP contribution >= 0.6 is 11.6 Å². The molecule has 1 saturated heterocycles. The van der Waals surface area contributed by atoms with Gasteiger partial charge in [0.25, 0.3) is 0 Å². The second-order valence-corrected chi connectivity index (χ2v) is 9.09. The zero-order valence-electron chi connectivity index (χ0n) is 20.3. The summed E-state index contributed by atoms with van der Waals surface area (Å²) >= 11 is 6.41. The lowest BCUT2D eigenvalue weighted by molar-refractivity contribution is -0.116. The van der Waals surface area contributed by atoms with Crippen LogP contribution in [0.5, 0.6) is 5.75 Å². The third kappa shape index (κ3) is 6.13. The van der Waals surface area contributed by atoms with Crippen molar-refractivity contribution in [3.63, 3.8) is 0 Å². The first-order valence-electron chi connectivity index (χ1n) is 12.0. The molecule has 194 valence electrons. The lowest BCUT2D eigenvalue weighted by atomic mass is 10.1. The van der Waals surface area contributed by atoms with Crippen molar-refractivity contribution in [2.75, 3.05) is 25.4 Å². The van der Waals surface area contributed by atoms with Crippen molar-refractivity contribution < 1.29 is 23.5 Å². The van der Waals surface area contributed by atoms with Gasteiger partial charge < -0.3 is 29.8 Å². The second-order valence-electron chi connectivity index (χ2n) is 8.69. The maximum absolute atomic E-state index is 12.9. The Hall–Kier alpha value is -4.34. The van der Waals surface area contributed by atoms with Gasteiger partial charge in [-0.15, -0.1) is 0 Å². The number of pyridine rings is 1. The molecular formula is C28H25ClN4O5. The maximum atomic E-state index is 12.9. The number of hydrogen-bond donors (Lipinski definition) is 2. The number of ether oxygens (including phenoxy) is 2. The number of amides is 2. The van der Waals surface area contributed by atoms with E-state index in [9.17, 15) is 9.59 Å². The van der Waals surface area contributed by atoms with Crippen LogP contribution in [0.2, 0.25) is 5.02 Å². The quantitative estimate of drug-likeness (QED) is 0.336. The fourth-order valence-corrected chi connectivity index (χ4v) is 4.31. The molecule has 4 aromatic rings. The molecule has 9 nitrogen and oxygen atoms in total. The van der Waals surface area contributed by atoms with E-state index in [-0.39, 0.29) is 18.6 Å². The van der Waals surface area contributed by atoms with Crippen LogP contribution in [0.4, 0.5) is 10.6 Å². The smallest absolute Gasteiger partial charge is 0.415 e. The van der Waals surface area contributed by atoms with E-state index in [2.05, 4.69) is 10.3 Å². The number of nitrogens with one attached hydrogen (secondary N) is 1. The SMILES string of the molecule is Nc1ccc(/C=C/C(=O)NCc2cc3cc(OC(=O)N4CCOC(c5ccccc5)C4)cc(Cl)c3o2)cn1. The van der Waals surface area contributed by atoms with Crippen molar-refractivity contribution in [2.24, 2.45) is 0 Å². The van der Waals surface area contributed by atoms with E-state index in [1.54, 1.807) is 41.4 Å². The number of nitrogen functional groups attached to an aromatic ring is 1. The van der Waals surface area contributed by atoms with Gasteiger partial charge in [-0.1, -0.05) is 41.9 Å². The number of carbonyl (C=O) groups excluding carboxylic acids is 2. The molecule has 3 N–H and O–H groups in total. The highest BCUT2D eigenvalue weighted by Crippen LogP contribution is 2.32. The number of furan rings is 1. The van der Waals surface area contributed by atoms with Crippen LogP contribution in [0.3, 0.4) is 0 Å². The molecule has 1 fully saturated rings. The zero-order valence-corrected chi connectivity index (χ0v) is 21.1. The van der Waals surface area contributed by atoms with Gasteiger partial charge in [0.15, 0.2) is 5.58 Å². The molecule has 5 rings (SSSR count). The first-order chi connectivity index (χ1) is 18.4. The van der Waals surface area contributed by atoms with Gasteiger partial charge in [-0.05, 0) is 41.5 Å². The summed E-state index contributed by atoms with van der Waals surface area (Å²) in [5.74, 6) is 0.903. The number of morpholine rings is 1. The largest absolute Gasteiger partial charge is 0.458 e. The van der Waals surface area contributed by atoms with E-state index in [0.717, 1.165) is 11.1 Å². The molecule has 0 spiro atoms. The summed E-state index contributed by atoms with van der Waals surface area (Å²) in [4.78, 5) is 30.7. The number of nitrogens with zero attached hydrogens (tertiary/aromatic N) is 2. The number of aromatic nitrogens is 1. The zero-order chi connectivity index (χ0) is 26.5. The fourth-order valence-electron chi connectivity index (χ4n) is 4.05. The lowest BCUT2D eigenvalue weighted by Crippen LogP contribution is -2.43. The summed E-state index contributed by atoms with van der Waals surface area (Å²) in [7, 11) is 0. The predicted octanol–water partition coefficient (Wildman–Crippen LogP) is 4.97. The van der Waals surface area contributed by atoms with Crippen LogP contribution in [0, 0.1) is 0 Å². The Kier molecular flexibility index (Phi) is 7.57. The number of hydrogen-bond acceptors (Lipinski definition) is 7. The second kappa shape index (κ2) is 11.4. The Labute approximate surface area is 223 Å². The Morgan fingerprint density at radius 1 is 1.18 bits per heavy atom. The van der Waals surface area contributed by atoms with Crippen molar-refractivity contribution in [1.82, 2.24) is 15.2 Å². The van der Waals surface area contributed by atoms with Crippen molar-refractivity contribution in [2.45, 2.75) is 12.6 Å². The summed E-state index contributed by atoms with van der Waals surface area (Å²) in [6.45, 7) is 1.38.